The second kappa shape index (κ2) is 4.21. The number of hydrogen-bond acceptors (Lipinski definition) is 2. The van der Waals surface area contributed by atoms with E-state index in [2.05, 4.69) is 20.9 Å². The molecule has 2 rings (SSSR count). The zero-order valence-electron chi connectivity index (χ0n) is 8.90. The van der Waals surface area contributed by atoms with Crippen LogP contribution in [-0.2, 0) is 7.05 Å². The summed E-state index contributed by atoms with van der Waals surface area (Å²) in [6.45, 7) is 0. The zero-order chi connectivity index (χ0) is 12.6. The summed E-state index contributed by atoms with van der Waals surface area (Å²) in [5.74, 6) is -1.15. The summed E-state index contributed by atoms with van der Waals surface area (Å²) < 4.78 is 2.10. The first-order valence-corrected chi connectivity index (χ1v) is 5.58. The quantitative estimate of drug-likeness (QED) is 0.888. The molecule has 6 heteroatoms. The van der Waals surface area contributed by atoms with Crippen LogP contribution in [0.3, 0.4) is 0 Å². The van der Waals surface area contributed by atoms with Crippen LogP contribution >= 0.6 is 15.9 Å². The molecule has 17 heavy (non-hydrogen) atoms. The van der Waals surface area contributed by atoms with Gasteiger partial charge in [-0.2, -0.15) is 0 Å². The van der Waals surface area contributed by atoms with Crippen molar-refractivity contribution in [2.75, 3.05) is 0 Å². The van der Waals surface area contributed by atoms with Crippen molar-refractivity contribution in [3.8, 4) is 11.3 Å². The van der Waals surface area contributed by atoms with E-state index in [4.69, 9.17) is 5.11 Å². The monoisotopic (exact) mass is 296 g/mol. The fourth-order valence-corrected chi connectivity index (χ4v) is 2.05. The number of benzene rings is 1. The Balaban J connectivity index is 2.74. The number of aromatic nitrogens is 2. The molecular weight excluding hydrogens is 288 g/mol. The Morgan fingerprint density at radius 2 is 2.18 bits per heavy atom. The molecule has 0 aliphatic rings. The predicted molar refractivity (Wildman–Crippen MR) is 66.1 cm³/mol. The van der Waals surface area contributed by atoms with Gasteiger partial charge < -0.3 is 5.11 Å². The largest absolute Gasteiger partial charge is 0.477 e. The summed E-state index contributed by atoms with van der Waals surface area (Å²) in [7, 11) is 1.53. The highest BCUT2D eigenvalue weighted by atomic mass is 79.9. The van der Waals surface area contributed by atoms with E-state index in [1.807, 2.05) is 6.07 Å². The van der Waals surface area contributed by atoms with Gasteiger partial charge in [0.2, 0.25) is 0 Å². The average molecular weight is 297 g/mol. The Bertz CT molecular complexity index is 642. The minimum Gasteiger partial charge on any atom is -0.477 e. The number of carboxylic acids is 1. The lowest BCUT2D eigenvalue weighted by molar-refractivity contribution is 0.0691. The maximum absolute atomic E-state index is 11.5. The first-order valence-electron chi connectivity index (χ1n) is 4.79. The van der Waals surface area contributed by atoms with Crippen molar-refractivity contribution in [3.63, 3.8) is 0 Å². The SMILES string of the molecule is Cn1c(-c2cccc(Br)c2)c(C(=O)O)[nH]c1=O. The van der Waals surface area contributed by atoms with Gasteiger partial charge in [-0.3, -0.25) is 9.55 Å². The van der Waals surface area contributed by atoms with Crippen LogP contribution in [0.15, 0.2) is 33.5 Å². The molecule has 1 aromatic carbocycles. The van der Waals surface area contributed by atoms with Crippen molar-refractivity contribution < 1.29 is 9.90 Å². The van der Waals surface area contributed by atoms with Crippen molar-refractivity contribution >= 4 is 21.9 Å². The van der Waals surface area contributed by atoms with E-state index in [1.54, 1.807) is 18.2 Å². The summed E-state index contributed by atoms with van der Waals surface area (Å²) in [6, 6.07) is 7.12. The maximum atomic E-state index is 11.5. The smallest absolute Gasteiger partial charge is 0.354 e. The van der Waals surface area contributed by atoms with Crippen molar-refractivity contribution in [2.45, 2.75) is 0 Å². The molecule has 1 heterocycles. The first kappa shape index (κ1) is 11.7. The van der Waals surface area contributed by atoms with E-state index in [0.717, 1.165) is 4.47 Å². The average Bonchev–Trinajstić information content (AvgIpc) is 2.56. The molecule has 88 valence electrons. The minimum atomic E-state index is -1.15. The second-order valence-corrected chi connectivity index (χ2v) is 4.44. The van der Waals surface area contributed by atoms with E-state index >= 15 is 0 Å². The van der Waals surface area contributed by atoms with Crippen molar-refractivity contribution in [3.05, 3.63) is 44.9 Å². The molecule has 0 aliphatic heterocycles. The van der Waals surface area contributed by atoms with E-state index in [0.29, 0.717) is 11.3 Å². The Morgan fingerprint density at radius 1 is 1.47 bits per heavy atom. The lowest BCUT2D eigenvalue weighted by atomic mass is 10.1. The van der Waals surface area contributed by atoms with Gasteiger partial charge in [-0.15, -0.1) is 0 Å². The second-order valence-electron chi connectivity index (χ2n) is 3.53. The zero-order valence-corrected chi connectivity index (χ0v) is 10.5. The Labute approximate surface area is 105 Å². The van der Waals surface area contributed by atoms with Crippen LogP contribution in [0.5, 0.6) is 0 Å². The first-order chi connectivity index (χ1) is 8.00. The summed E-state index contributed by atoms with van der Waals surface area (Å²) in [4.78, 5) is 24.8. The fraction of sp³-hybridized carbons (Fsp3) is 0.0909. The lowest BCUT2D eigenvalue weighted by Gasteiger charge is -2.04. The number of carbonyl (C=O) groups is 1. The minimum absolute atomic E-state index is 0.101. The third-order valence-corrected chi connectivity index (χ3v) is 2.91. The van der Waals surface area contributed by atoms with Gasteiger partial charge in [0.25, 0.3) is 0 Å². The topological polar surface area (TPSA) is 75.1 Å². The summed E-state index contributed by atoms with van der Waals surface area (Å²) in [5, 5.41) is 9.04. The highest BCUT2D eigenvalue weighted by Crippen LogP contribution is 2.24. The molecular formula is C11H9BrN2O3. The van der Waals surface area contributed by atoms with Crippen LogP contribution in [0.4, 0.5) is 0 Å². The van der Waals surface area contributed by atoms with Crippen LogP contribution in [0.1, 0.15) is 10.5 Å². The Morgan fingerprint density at radius 3 is 2.76 bits per heavy atom. The number of H-pyrrole nitrogens is 1. The molecule has 0 saturated carbocycles. The van der Waals surface area contributed by atoms with Crippen LogP contribution in [0.2, 0.25) is 0 Å². The van der Waals surface area contributed by atoms with Crippen molar-refractivity contribution in [1.82, 2.24) is 9.55 Å². The van der Waals surface area contributed by atoms with Gasteiger partial charge in [0.05, 0.1) is 5.69 Å². The Kier molecular flexibility index (Phi) is 2.89. The maximum Gasteiger partial charge on any atom is 0.354 e. The number of nitrogens with one attached hydrogen (secondary N) is 1. The lowest BCUT2D eigenvalue weighted by Crippen LogP contribution is -2.13. The van der Waals surface area contributed by atoms with Gasteiger partial charge >= 0.3 is 11.7 Å². The third kappa shape index (κ3) is 2.03. The molecule has 0 unspecified atom stereocenters. The third-order valence-electron chi connectivity index (χ3n) is 2.42. The molecule has 0 atom stereocenters. The molecule has 0 aliphatic carbocycles. The molecule has 0 spiro atoms. The van der Waals surface area contributed by atoms with E-state index in [9.17, 15) is 9.59 Å². The van der Waals surface area contributed by atoms with E-state index < -0.39 is 11.7 Å². The molecule has 2 N–H and O–H groups in total. The summed E-state index contributed by atoms with van der Waals surface area (Å²) in [5.41, 5.74) is 0.481. The molecule has 0 fully saturated rings. The van der Waals surface area contributed by atoms with Crippen LogP contribution in [-0.4, -0.2) is 20.6 Å². The molecule has 1 aromatic heterocycles. The van der Waals surface area contributed by atoms with E-state index in [1.165, 1.54) is 11.6 Å². The number of carboxylic acid groups (broad SMARTS) is 1. The van der Waals surface area contributed by atoms with Gasteiger partial charge in [0, 0.05) is 17.1 Å². The molecule has 0 saturated heterocycles. The number of hydrogen-bond donors (Lipinski definition) is 2. The molecule has 0 amide bonds. The summed E-state index contributed by atoms with van der Waals surface area (Å²) in [6.07, 6.45) is 0. The van der Waals surface area contributed by atoms with Gasteiger partial charge in [0.1, 0.15) is 0 Å². The van der Waals surface area contributed by atoms with Gasteiger partial charge in [0.15, 0.2) is 5.69 Å². The van der Waals surface area contributed by atoms with Crippen molar-refractivity contribution in [1.29, 1.82) is 0 Å². The number of rotatable bonds is 2. The van der Waals surface area contributed by atoms with Crippen LogP contribution in [0, 0.1) is 0 Å². The normalized spacial score (nSPS) is 10.5. The predicted octanol–water partition coefficient (Wildman–Crippen LogP) is 1.84. The van der Waals surface area contributed by atoms with Crippen LogP contribution < -0.4 is 5.69 Å². The highest BCUT2D eigenvalue weighted by Gasteiger charge is 2.18. The number of aromatic carboxylic acids is 1. The van der Waals surface area contributed by atoms with Gasteiger partial charge in [-0.1, -0.05) is 28.1 Å². The molecule has 0 radical (unpaired) electrons. The summed E-state index contributed by atoms with van der Waals surface area (Å²) >= 11 is 3.31. The van der Waals surface area contributed by atoms with Gasteiger partial charge in [-0.25, -0.2) is 9.59 Å². The standard InChI is InChI=1S/C11H9BrN2O3/c1-14-9(6-3-2-4-7(12)5-6)8(10(15)16)13-11(14)17/h2-5H,1H3,(H,13,17)(H,15,16). The van der Waals surface area contributed by atoms with Crippen molar-refractivity contribution in [2.24, 2.45) is 7.05 Å². The highest BCUT2D eigenvalue weighted by molar-refractivity contribution is 9.10. The number of halogens is 1. The number of imidazole rings is 1. The molecule has 2 aromatic rings. The number of aromatic amines is 1. The molecule has 0 bridgehead atoms. The molecule has 5 nitrogen and oxygen atoms in total. The number of nitrogens with zero attached hydrogens (tertiary/aromatic N) is 1. The Hall–Kier alpha value is -1.82. The van der Waals surface area contributed by atoms with Gasteiger partial charge in [-0.05, 0) is 12.1 Å². The van der Waals surface area contributed by atoms with Crippen LogP contribution in [0.25, 0.3) is 11.3 Å². The van der Waals surface area contributed by atoms with E-state index in [-0.39, 0.29) is 5.69 Å². The fourth-order valence-electron chi connectivity index (χ4n) is 1.65.